The predicted molar refractivity (Wildman–Crippen MR) is 89.3 cm³/mol. The van der Waals surface area contributed by atoms with E-state index in [1.807, 2.05) is 22.9 Å². The van der Waals surface area contributed by atoms with E-state index in [1.54, 1.807) is 11.8 Å². The molecule has 0 spiro atoms. The summed E-state index contributed by atoms with van der Waals surface area (Å²) in [6.45, 7) is 2.07. The number of rotatable bonds is 2. The largest absolute Gasteiger partial charge is 0.212 e. The van der Waals surface area contributed by atoms with Gasteiger partial charge in [0.2, 0.25) is 5.16 Å². The number of aromatic nitrogens is 3. The quantitative estimate of drug-likeness (QED) is 0.726. The summed E-state index contributed by atoms with van der Waals surface area (Å²) in [5.41, 5.74) is 4.45. The van der Waals surface area contributed by atoms with Crippen LogP contribution >= 0.6 is 11.8 Å². The van der Waals surface area contributed by atoms with Gasteiger partial charge in [-0.15, -0.1) is 10.2 Å². The first-order valence-electron chi connectivity index (χ1n) is 7.10. The molecule has 0 aliphatic carbocycles. The maximum Gasteiger partial charge on any atom is 0.212 e. The molecule has 4 nitrogen and oxygen atoms in total. The average molecular weight is 306 g/mol. The van der Waals surface area contributed by atoms with E-state index in [1.165, 1.54) is 5.56 Å². The van der Waals surface area contributed by atoms with Crippen molar-refractivity contribution in [2.24, 2.45) is 5.10 Å². The van der Waals surface area contributed by atoms with Crippen LogP contribution < -0.4 is 0 Å². The van der Waals surface area contributed by atoms with Crippen molar-refractivity contribution in [3.05, 3.63) is 65.7 Å². The average Bonchev–Trinajstić information content (AvgIpc) is 2.99. The molecule has 1 aromatic heterocycles. The zero-order valence-corrected chi connectivity index (χ0v) is 12.9. The lowest BCUT2D eigenvalue weighted by molar-refractivity contribution is 0.762. The Morgan fingerprint density at radius 2 is 1.68 bits per heavy atom. The second-order valence-electron chi connectivity index (χ2n) is 5.19. The highest BCUT2D eigenvalue weighted by molar-refractivity contribution is 7.99. The van der Waals surface area contributed by atoms with Crippen LogP contribution in [-0.2, 0) is 0 Å². The molecule has 2 aromatic carbocycles. The fourth-order valence-corrected chi connectivity index (χ4v) is 3.22. The zero-order chi connectivity index (χ0) is 14.9. The molecule has 0 radical (unpaired) electrons. The smallest absolute Gasteiger partial charge is 0.187 e. The molecule has 1 aliphatic heterocycles. The monoisotopic (exact) mass is 306 g/mol. The third kappa shape index (κ3) is 2.33. The summed E-state index contributed by atoms with van der Waals surface area (Å²) in [4.78, 5) is 0. The van der Waals surface area contributed by atoms with Gasteiger partial charge in [-0.05, 0) is 12.5 Å². The number of hydrogen-bond acceptors (Lipinski definition) is 4. The summed E-state index contributed by atoms with van der Waals surface area (Å²) >= 11 is 1.67. The molecule has 108 valence electrons. The van der Waals surface area contributed by atoms with E-state index < -0.39 is 0 Å². The predicted octanol–water partition coefficient (Wildman–Crippen LogP) is 3.61. The summed E-state index contributed by atoms with van der Waals surface area (Å²) in [6.07, 6.45) is 0. The Hall–Kier alpha value is -2.40. The highest BCUT2D eigenvalue weighted by Crippen LogP contribution is 2.28. The molecule has 0 atom stereocenters. The molecular weight excluding hydrogens is 292 g/mol. The fraction of sp³-hybridized carbons (Fsp3) is 0.118. The van der Waals surface area contributed by atoms with E-state index in [2.05, 4.69) is 53.5 Å². The molecule has 1 aliphatic rings. The zero-order valence-electron chi connectivity index (χ0n) is 12.1. The van der Waals surface area contributed by atoms with Gasteiger partial charge in [0.25, 0.3) is 0 Å². The second kappa shape index (κ2) is 5.42. The number of aryl methyl sites for hydroxylation is 1. The molecule has 0 saturated carbocycles. The number of hydrogen-bond donors (Lipinski definition) is 0. The van der Waals surface area contributed by atoms with E-state index in [-0.39, 0.29) is 0 Å². The lowest BCUT2D eigenvalue weighted by Crippen LogP contribution is -2.13. The molecule has 0 fully saturated rings. The van der Waals surface area contributed by atoms with Crippen LogP contribution in [0.4, 0.5) is 0 Å². The van der Waals surface area contributed by atoms with Crippen LogP contribution in [0.2, 0.25) is 0 Å². The highest BCUT2D eigenvalue weighted by Gasteiger charge is 2.20. The molecule has 0 unspecified atom stereocenters. The molecular formula is C17H14N4S. The molecule has 5 heteroatoms. The van der Waals surface area contributed by atoms with Crippen molar-refractivity contribution in [1.29, 1.82) is 0 Å². The SMILES string of the molecule is Cc1ccc(-c2nnc3n2N=C(c2ccccc2)CS3)cc1. The molecule has 0 bridgehead atoms. The van der Waals surface area contributed by atoms with Gasteiger partial charge in [0.1, 0.15) is 0 Å². The van der Waals surface area contributed by atoms with E-state index in [9.17, 15) is 0 Å². The molecule has 3 aromatic rings. The highest BCUT2D eigenvalue weighted by atomic mass is 32.2. The number of fused-ring (bicyclic) bond motifs is 1. The third-order valence-corrected chi connectivity index (χ3v) is 4.52. The van der Waals surface area contributed by atoms with Gasteiger partial charge >= 0.3 is 0 Å². The lowest BCUT2D eigenvalue weighted by atomic mass is 10.1. The Balaban J connectivity index is 1.80. The first-order chi connectivity index (χ1) is 10.8. The molecule has 0 amide bonds. The van der Waals surface area contributed by atoms with Crippen molar-refractivity contribution in [3.63, 3.8) is 0 Å². The third-order valence-electron chi connectivity index (χ3n) is 3.59. The summed E-state index contributed by atoms with van der Waals surface area (Å²) < 4.78 is 1.85. The molecule has 0 saturated heterocycles. The van der Waals surface area contributed by atoms with Crippen LogP contribution in [0, 0.1) is 6.92 Å². The van der Waals surface area contributed by atoms with E-state index >= 15 is 0 Å². The summed E-state index contributed by atoms with van der Waals surface area (Å²) in [5, 5.41) is 14.2. The van der Waals surface area contributed by atoms with Gasteiger partial charge < -0.3 is 0 Å². The first-order valence-corrected chi connectivity index (χ1v) is 8.08. The first kappa shape index (κ1) is 13.3. The lowest BCUT2D eigenvalue weighted by Gasteiger charge is -2.13. The van der Waals surface area contributed by atoms with Crippen LogP contribution in [0.25, 0.3) is 11.4 Å². The van der Waals surface area contributed by atoms with Crippen LogP contribution in [-0.4, -0.2) is 26.3 Å². The van der Waals surface area contributed by atoms with Crippen molar-refractivity contribution >= 4 is 17.5 Å². The maximum absolute atomic E-state index is 4.76. The molecule has 0 N–H and O–H groups in total. The van der Waals surface area contributed by atoms with Crippen LogP contribution in [0.3, 0.4) is 0 Å². The minimum atomic E-state index is 0.788. The van der Waals surface area contributed by atoms with Crippen molar-refractivity contribution in [1.82, 2.24) is 14.9 Å². The Morgan fingerprint density at radius 1 is 0.909 bits per heavy atom. The van der Waals surface area contributed by atoms with Gasteiger partial charge in [-0.2, -0.15) is 9.78 Å². The van der Waals surface area contributed by atoms with E-state index in [4.69, 9.17) is 5.10 Å². The fourth-order valence-electron chi connectivity index (χ4n) is 2.38. The van der Waals surface area contributed by atoms with Crippen LogP contribution in [0.1, 0.15) is 11.1 Å². The van der Waals surface area contributed by atoms with Crippen molar-refractivity contribution < 1.29 is 0 Å². The van der Waals surface area contributed by atoms with Gasteiger partial charge in [0.15, 0.2) is 5.82 Å². The summed E-state index contributed by atoms with van der Waals surface area (Å²) in [7, 11) is 0. The van der Waals surface area contributed by atoms with Gasteiger partial charge in [-0.25, -0.2) is 0 Å². The maximum atomic E-state index is 4.76. The van der Waals surface area contributed by atoms with Crippen molar-refractivity contribution in [2.45, 2.75) is 12.1 Å². The Labute approximate surface area is 132 Å². The number of benzene rings is 2. The summed E-state index contributed by atoms with van der Waals surface area (Å²) in [5.74, 6) is 1.60. The number of thioether (sulfide) groups is 1. The van der Waals surface area contributed by atoms with E-state index in [0.29, 0.717) is 0 Å². The van der Waals surface area contributed by atoms with Crippen LogP contribution in [0.15, 0.2) is 64.9 Å². The van der Waals surface area contributed by atoms with Crippen LogP contribution in [0.5, 0.6) is 0 Å². The second-order valence-corrected chi connectivity index (χ2v) is 6.13. The minimum absolute atomic E-state index is 0.788. The Kier molecular flexibility index (Phi) is 3.27. The number of nitrogens with zero attached hydrogens (tertiary/aromatic N) is 4. The molecule has 4 rings (SSSR count). The minimum Gasteiger partial charge on any atom is -0.187 e. The Morgan fingerprint density at radius 3 is 2.45 bits per heavy atom. The topological polar surface area (TPSA) is 43.1 Å². The molecule has 22 heavy (non-hydrogen) atoms. The van der Waals surface area contributed by atoms with Gasteiger partial charge in [-0.3, -0.25) is 0 Å². The van der Waals surface area contributed by atoms with Gasteiger partial charge in [0.05, 0.1) is 5.71 Å². The van der Waals surface area contributed by atoms with Crippen molar-refractivity contribution in [3.8, 4) is 11.4 Å². The molecule has 2 heterocycles. The van der Waals surface area contributed by atoms with E-state index in [0.717, 1.165) is 33.6 Å². The standard InChI is InChI=1S/C17H14N4S/c1-12-7-9-14(10-8-12)16-18-19-17-21(16)20-15(11-22-17)13-5-3-2-4-6-13/h2-10H,11H2,1H3. The van der Waals surface area contributed by atoms with Gasteiger partial charge in [-0.1, -0.05) is 71.9 Å². The van der Waals surface area contributed by atoms with Gasteiger partial charge in [0, 0.05) is 11.3 Å². The Bertz CT molecular complexity index is 835. The summed E-state index contributed by atoms with van der Waals surface area (Å²) in [6, 6.07) is 18.5. The normalized spacial score (nSPS) is 13.6. The van der Waals surface area contributed by atoms with Crippen molar-refractivity contribution in [2.75, 3.05) is 5.75 Å².